The second kappa shape index (κ2) is 5.36. The molecule has 3 aliphatic carbocycles. The van der Waals surface area contributed by atoms with Crippen molar-refractivity contribution in [3.05, 3.63) is 24.3 Å². The molecule has 116 valence electrons. The Labute approximate surface area is 123 Å². The number of hydrogen-bond donors (Lipinski definition) is 0. The van der Waals surface area contributed by atoms with Crippen molar-refractivity contribution in [3.8, 4) is 0 Å². The number of fused-ring (bicyclic) bond motifs is 2. The molecule has 21 heavy (non-hydrogen) atoms. The van der Waals surface area contributed by atoms with Gasteiger partial charge in [0, 0.05) is 32.8 Å². The van der Waals surface area contributed by atoms with Crippen molar-refractivity contribution in [2.24, 2.45) is 11.8 Å². The molecule has 3 rings (SSSR count). The second-order valence-electron chi connectivity index (χ2n) is 5.12. The maximum absolute atomic E-state index is 12.9. The summed E-state index contributed by atoms with van der Waals surface area (Å²) in [4.78, 5) is 25.0. The molecule has 0 unspecified atom stereocenters. The van der Waals surface area contributed by atoms with Crippen LogP contribution in [0.1, 0.15) is 6.42 Å². The van der Waals surface area contributed by atoms with Crippen LogP contribution in [-0.4, -0.2) is 51.6 Å². The highest BCUT2D eigenvalue weighted by Crippen LogP contribution is 2.53. The van der Waals surface area contributed by atoms with Crippen LogP contribution in [0.15, 0.2) is 24.3 Å². The van der Waals surface area contributed by atoms with Crippen LogP contribution in [0.25, 0.3) is 0 Å². The van der Waals surface area contributed by atoms with Gasteiger partial charge in [-0.05, 0) is 12.5 Å². The van der Waals surface area contributed by atoms with Crippen LogP contribution < -0.4 is 0 Å². The zero-order valence-corrected chi connectivity index (χ0v) is 12.7. The Kier molecular flexibility index (Phi) is 4.06. The number of hydrogen-bond acceptors (Lipinski definition) is 6. The molecule has 0 amide bonds. The first kappa shape index (κ1) is 15.9. The maximum Gasteiger partial charge on any atom is 0.334 e. The van der Waals surface area contributed by atoms with Crippen LogP contribution in [0.4, 0.5) is 0 Å². The minimum atomic E-state index is -1.55. The van der Waals surface area contributed by atoms with Gasteiger partial charge in [-0.15, -0.1) is 6.58 Å². The van der Waals surface area contributed by atoms with E-state index in [-0.39, 0.29) is 11.7 Å². The SMILES string of the molecule is C=C[C@H]1C[C@H]2C(C(=O)OC)=C[C@]1(OC)C(=O)C2(OC)OC. The van der Waals surface area contributed by atoms with Crippen molar-refractivity contribution in [1.82, 2.24) is 0 Å². The normalized spacial score (nSPS) is 33.5. The lowest BCUT2D eigenvalue weighted by molar-refractivity contribution is -0.257. The van der Waals surface area contributed by atoms with Crippen molar-refractivity contribution in [2.45, 2.75) is 17.8 Å². The minimum absolute atomic E-state index is 0.258. The third-order valence-electron chi connectivity index (χ3n) is 4.57. The van der Waals surface area contributed by atoms with Gasteiger partial charge in [-0.25, -0.2) is 4.79 Å². The molecule has 0 radical (unpaired) electrons. The number of esters is 1. The van der Waals surface area contributed by atoms with Gasteiger partial charge in [-0.2, -0.15) is 0 Å². The molecule has 6 nitrogen and oxygen atoms in total. The van der Waals surface area contributed by atoms with Gasteiger partial charge in [0.1, 0.15) is 0 Å². The van der Waals surface area contributed by atoms with Gasteiger partial charge in [-0.1, -0.05) is 6.08 Å². The summed E-state index contributed by atoms with van der Waals surface area (Å²) in [7, 11) is 5.47. The summed E-state index contributed by atoms with van der Waals surface area (Å²) >= 11 is 0. The molecule has 1 fully saturated rings. The summed E-state index contributed by atoms with van der Waals surface area (Å²) in [5.41, 5.74) is -0.993. The van der Waals surface area contributed by atoms with E-state index >= 15 is 0 Å². The van der Waals surface area contributed by atoms with E-state index in [0.717, 1.165) is 0 Å². The number of Topliss-reactive ketones (excluding diaryl/α,β-unsaturated/α-hetero) is 1. The lowest BCUT2D eigenvalue weighted by Gasteiger charge is -2.54. The highest BCUT2D eigenvalue weighted by Gasteiger charge is 2.67. The predicted octanol–water partition coefficient (Wildman–Crippen LogP) is 0.865. The Morgan fingerprint density at radius 3 is 2.33 bits per heavy atom. The molecule has 0 saturated heterocycles. The van der Waals surface area contributed by atoms with Crippen molar-refractivity contribution in [3.63, 3.8) is 0 Å². The molecular weight excluding hydrogens is 276 g/mol. The van der Waals surface area contributed by atoms with E-state index < -0.39 is 23.3 Å². The summed E-state index contributed by atoms with van der Waals surface area (Å²) in [6.45, 7) is 3.76. The Bertz CT molecular complexity index is 504. The Balaban J connectivity index is 2.69. The van der Waals surface area contributed by atoms with Crippen LogP contribution in [0.3, 0.4) is 0 Å². The van der Waals surface area contributed by atoms with Gasteiger partial charge in [0.05, 0.1) is 13.0 Å². The van der Waals surface area contributed by atoms with Gasteiger partial charge >= 0.3 is 5.97 Å². The first-order valence-corrected chi connectivity index (χ1v) is 6.61. The summed E-state index contributed by atoms with van der Waals surface area (Å²) in [5.74, 6) is -3.25. The molecule has 3 atom stereocenters. The maximum atomic E-state index is 12.9. The standard InChI is InChI=1S/C15H20O6/c1-6-9-7-11-10(12(16)18-2)8-14(9,19-3)13(17)15(11,20-4)21-5/h6,8-9,11H,1,7H2,2-5H3/t9-,11-,14+/m0/s1. The van der Waals surface area contributed by atoms with Gasteiger partial charge in [0.2, 0.25) is 11.6 Å². The molecule has 3 aliphatic rings. The summed E-state index contributed by atoms with van der Waals surface area (Å²) in [6, 6.07) is 0. The lowest BCUT2D eigenvalue weighted by Crippen LogP contribution is -2.69. The topological polar surface area (TPSA) is 71.1 Å². The third kappa shape index (κ3) is 1.83. The number of ether oxygens (including phenoxy) is 4. The average molecular weight is 296 g/mol. The first-order chi connectivity index (χ1) is 9.97. The molecule has 0 aromatic heterocycles. The third-order valence-corrected chi connectivity index (χ3v) is 4.57. The van der Waals surface area contributed by atoms with Crippen LogP contribution in [0.2, 0.25) is 0 Å². The molecular formula is C15H20O6. The molecule has 1 saturated carbocycles. The largest absolute Gasteiger partial charge is 0.466 e. The molecule has 2 bridgehead atoms. The van der Waals surface area contributed by atoms with Gasteiger partial charge in [0.15, 0.2) is 5.60 Å². The van der Waals surface area contributed by atoms with Crippen LogP contribution in [-0.2, 0) is 28.5 Å². The van der Waals surface area contributed by atoms with Crippen molar-refractivity contribution >= 4 is 11.8 Å². The molecule has 0 N–H and O–H groups in total. The Morgan fingerprint density at radius 1 is 1.29 bits per heavy atom. The van der Waals surface area contributed by atoms with E-state index in [9.17, 15) is 9.59 Å². The van der Waals surface area contributed by atoms with Gasteiger partial charge < -0.3 is 18.9 Å². The van der Waals surface area contributed by atoms with E-state index in [1.807, 2.05) is 0 Å². The first-order valence-electron chi connectivity index (χ1n) is 6.61. The molecule has 0 heterocycles. The van der Waals surface area contributed by atoms with E-state index in [2.05, 4.69) is 6.58 Å². The number of carbonyl (C=O) groups is 2. The number of carbonyl (C=O) groups excluding carboxylic acids is 2. The highest BCUT2D eigenvalue weighted by molar-refractivity contribution is 6.04. The number of methoxy groups -OCH3 is 4. The summed E-state index contributed by atoms with van der Waals surface area (Å²) < 4.78 is 21.1. The Hall–Kier alpha value is -1.50. The number of ketones is 1. The van der Waals surface area contributed by atoms with Crippen molar-refractivity contribution in [2.75, 3.05) is 28.4 Å². The highest BCUT2D eigenvalue weighted by atomic mass is 16.7. The summed E-state index contributed by atoms with van der Waals surface area (Å²) in [6.07, 6.45) is 3.64. The van der Waals surface area contributed by atoms with Crippen LogP contribution >= 0.6 is 0 Å². The zero-order chi connectivity index (χ0) is 15.8. The minimum Gasteiger partial charge on any atom is -0.466 e. The van der Waals surface area contributed by atoms with Crippen LogP contribution in [0.5, 0.6) is 0 Å². The molecule has 6 heteroatoms. The molecule has 0 aromatic carbocycles. The fraction of sp³-hybridized carbons (Fsp3) is 0.600. The summed E-state index contributed by atoms with van der Waals surface area (Å²) in [5, 5.41) is 0. The number of rotatable bonds is 5. The van der Waals surface area contributed by atoms with E-state index in [1.54, 1.807) is 6.08 Å². The van der Waals surface area contributed by atoms with Crippen LogP contribution in [0, 0.1) is 11.8 Å². The van der Waals surface area contributed by atoms with E-state index in [1.165, 1.54) is 34.5 Å². The predicted molar refractivity (Wildman–Crippen MR) is 73.4 cm³/mol. The molecule has 0 spiro atoms. The van der Waals surface area contributed by atoms with E-state index in [4.69, 9.17) is 18.9 Å². The fourth-order valence-corrected chi connectivity index (χ4v) is 3.47. The van der Waals surface area contributed by atoms with E-state index in [0.29, 0.717) is 12.0 Å². The van der Waals surface area contributed by atoms with Crippen molar-refractivity contribution in [1.29, 1.82) is 0 Å². The van der Waals surface area contributed by atoms with Gasteiger partial charge in [0.25, 0.3) is 0 Å². The lowest BCUT2D eigenvalue weighted by atomic mass is 9.58. The Morgan fingerprint density at radius 2 is 1.90 bits per heavy atom. The molecule has 0 aliphatic heterocycles. The fourth-order valence-electron chi connectivity index (χ4n) is 3.47. The second-order valence-corrected chi connectivity index (χ2v) is 5.12. The quantitative estimate of drug-likeness (QED) is 0.426. The molecule has 0 aromatic rings. The average Bonchev–Trinajstić information content (AvgIpc) is 2.54. The van der Waals surface area contributed by atoms with Crippen molar-refractivity contribution < 1.29 is 28.5 Å². The zero-order valence-electron chi connectivity index (χ0n) is 12.7. The monoisotopic (exact) mass is 296 g/mol. The smallest absolute Gasteiger partial charge is 0.334 e. The van der Waals surface area contributed by atoms with Gasteiger partial charge in [-0.3, -0.25) is 4.79 Å².